The van der Waals surface area contributed by atoms with Gasteiger partial charge in [-0.05, 0) is 5.92 Å². The van der Waals surface area contributed by atoms with Gasteiger partial charge in [0, 0.05) is 11.4 Å². The van der Waals surface area contributed by atoms with Gasteiger partial charge in [0.15, 0.2) is 0 Å². The first-order valence-electron chi connectivity index (χ1n) is 4.17. The minimum absolute atomic E-state index is 0.401. The lowest BCUT2D eigenvalue weighted by Gasteiger charge is -2.06. The second kappa shape index (κ2) is 4.29. The van der Waals surface area contributed by atoms with Crippen LogP contribution in [0, 0.1) is 6.57 Å². The molecule has 0 bridgehead atoms. The van der Waals surface area contributed by atoms with Crippen molar-refractivity contribution in [2.24, 2.45) is 0 Å². The number of thiol groups is 1. The lowest BCUT2D eigenvalue weighted by Crippen LogP contribution is -1.95. The van der Waals surface area contributed by atoms with E-state index in [2.05, 4.69) is 36.3 Å². The summed E-state index contributed by atoms with van der Waals surface area (Å²) in [7, 11) is 0. The molecule has 1 heterocycles. The predicted octanol–water partition coefficient (Wildman–Crippen LogP) is 3.19. The standard InChI is InChI=1S/C10H12N2S/c1-7(2)8-4-5-9(11-3)10(6-13)12-8/h4-5,7,13H,6H2,1-2H3. The SMILES string of the molecule is [C-]#[N+]c1ccc(C(C)C)nc1CS. The van der Waals surface area contributed by atoms with E-state index >= 15 is 0 Å². The summed E-state index contributed by atoms with van der Waals surface area (Å²) in [5.41, 5.74) is 2.42. The third-order valence-electron chi connectivity index (χ3n) is 1.83. The van der Waals surface area contributed by atoms with E-state index in [1.807, 2.05) is 12.1 Å². The Bertz CT molecular complexity index is 339. The zero-order valence-corrected chi connectivity index (χ0v) is 8.68. The number of rotatable bonds is 2. The molecule has 1 aromatic rings. The second-order valence-corrected chi connectivity index (χ2v) is 3.44. The maximum atomic E-state index is 6.92. The molecule has 0 aliphatic carbocycles. The highest BCUT2D eigenvalue weighted by Crippen LogP contribution is 2.22. The van der Waals surface area contributed by atoms with Crippen LogP contribution < -0.4 is 0 Å². The van der Waals surface area contributed by atoms with E-state index in [1.54, 1.807) is 0 Å². The minimum atomic E-state index is 0.401. The molecule has 2 nitrogen and oxygen atoms in total. The zero-order valence-electron chi connectivity index (χ0n) is 7.78. The molecular weight excluding hydrogens is 180 g/mol. The molecule has 0 aliphatic rings. The fourth-order valence-electron chi connectivity index (χ4n) is 1.05. The largest absolute Gasteiger partial charge is 0.268 e. The maximum absolute atomic E-state index is 6.92. The van der Waals surface area contributed by atoms with Gasteiger partial charge in [-0.15, -0.1) is 0 Å². The number of hydrogen-bond acceptors (Lipinski definition) is 2. The summed E-state index contributed by atoms with van der Waals surface area (Å²) in [6, 6.07) is 3.73. The van der Waals surface area contributed by atoms with E-state index in [0.717, 1.165) is 11.4 Å². The molecule has 0 fully saturated rings. The third kappa shape index (κ3) is 2.22. The van der Waals surface area contributed by atoms with Gasteiger partial charge in [-0.3, -0.25) is 4.98 Å². The Morgan fingerprint density at radius 3 is 2.69 bits per heavy atom. The van der Waals surface area contributed by atoms with Crippen LogP contribution in [-0.2, 0) is 5.75 Å². The quantitative estimate of drug-likeness (QED) is 0.562. The van der Waals surface area contributed by atoms with Gasteiger partial charge in [-0.2, -0.15) is 12.6 Å². The Morgan fingerprint density at radius 1 is 1.54 bits per heavy atom. The summed E-state index contributed by atoms with van der Waals surface area (Å²) in [4.78, 5) is 7.75. The first-order chi connectivity index (χ1) is 6.19. The van der Waals surface area contributed by atoms with Crippen molar-refractivity contribution in [3.8, 4) is 0 Å². The van der Waals surface area contributed by atoms with E-state index in [9.17, 15) is 0 Å². The van der Waals surface area contributed by atoms with Crippen molar-refractivity contribution >= 4 is 18.3 Å². The average Bonchev–Trinajstić information content (AvgIpc) is 2.16. The minimum Gasteiger partial charge on any atom is -0.268 e. The van der Waals surface area contributed by atoms with Crippen LogP contribution in [0.5, 0.6) is 0 Å². The monoisotopic (exact) mass is 192 g/mol. The Hall–Kier alpha value is -1.01. The highest BCUT2D eigenvalue weighted by molar-refractivity contribution is 7.79. The third-order valence-corrected chi connectivity index (χ3v) is 2.13. The van der Waals surface area contributed by atoms with Gasteiger partial charge < -0.3 is 0 Å². The Morgan fingerprint density at radius 2 is 2.23 bits per heavy atom. The molecule has 0 atom stereocenters. The normalized spacial score (nSPS) is 10.1. The molecule has 0 saturated heterocycles. The number of aromatic nitrogens is 1. The van der Waals surface area contributed by atoms with Crippen LogP contribution in [0.2, 0.25) is 0 Å². The summed E-state index contributed by atoms with van der Waals surface area (Å²) >= 11 is 4.14. The molecule has 1 aromatic heterocycles. The molecule has 68 valence electrons. The van der Waals surface area contributed by atoms with Crippen molar-refractivity contribution in [1.82, 2.24) is 4.98 Å². The molecule has 0 saturated carbocycles. The van der Waals surface area contributed by atoms with Crippen LogP contribution in [-0.4, -0.2) is 4.98 Å². The summed E-state index contributed by atoms with van der Waals surface area (Å²) < 4.78 is 0. The first kappa shape index (κ1) is 10.1. The van der Waals surface area contributed by atoms with Crippen LogP contribution in [0.15, 0.2) is 12.1 Å². The van der Waals surface area contributed by atoms with Crippen molar-refractivity contribution in [2.75, 3.05) is 0 Å². The van der Waals surface area contributed by atoms with Crippen molar-refractivity contribution < 1.29 is 0 Å². The Kier molecular flexibility index (Phi) is 3.32. The van der Waals surface area contributed by atoms with E-state index in [-0.39, 0.29) is 0 Å². The van der Waals surface area contributed by atoms with Gasteiger partial charge in [0.2, 0.25) is 5.69 Å². The molecular formula is C10H12N2S. The van der Waals surface area contributed by atoms with Crippen LogP contribution in [0.25, 0.3) is 4.85 Å². The Labute approximate surface area is 84.2 Å². The predicted molar refractivity (Wildman–Crippen MR) is 57.3 cm³/mol. The first-order valence-corrected chi connectivity index (χ1v) is 4.80. The highest BCUT2D eigenvalue weighted by Gasteiger charge is 2.06. The number of pyridine rings is 1. The van der Waals surface area contributed by atoms with Gasteiger partial charge >= 0.3 is 0 Å². The Balaban J connectivity index is 3.15. The number of nitrogens with zero attached hydrogens (tertiary/aromatic N) is 2. The van der Waals surface area contributed by atoms with Gasteiger partial charge in [-0.25, -0.2) is 4.85 Å². The van der Waals surface area contributed by atoms with Crippen molar-refractivity contribution in [2.45, 2.75) is 25.5 Å². The molecule has 0 N–H and O–H groups in total. The molecule has 3 heteroatoms. The summed E-state index contributed by atoms with van der Waals surface area (Å²) in [6.45, 7) is 11.1. The van der Waals surface area contributed by atoms with Gasteiger partial charge in [0.1, 0.15) is 0 Å². The van der Waals surface area contributed by atoms with Crippen LogP contribution in [0.3, 0.4) is 0 Å². The van der Waals surface area contributed by atoms with Crippen molar-refractivity contribution in [3.05, 3.63) is 34.9 Å². The lowest BCUT2D eigenvalue weighted by molar-refractivity contribution is 0.816. The highest BCUT2D eigenvalue weighted by atomic mass is 32.1. The lowest BCUT2D eigenvalue weighted by atomic mass is 10.1. The van der Waals surface area contributed by atoms with E-state index in [0.29, 0.717) is 17.4 Å². The molecule has 1 rings (SSSR count). The molecule has 0 unspecified atom stereocenters. The molecule has 13 heavy (non-hydrogen) atoms. The molecule has 0 aromatic carbocycles. The maximum Gasteiger partial charge on any atom is 0.209 e. The van der Waals surface area contributed by atoms with Crippen molar-refractivity contribution in [3.63, 3.8) is 0 Å². The van der Waals surface area contributed by atoms with Crippen LogP contribution >= 0.6 is 12.6 Å². The zero-order chi connectivity index (χ0) is 9.84. The average molecular weight is 192 g/mol. The van der Waals surface area contributed by atoms with Gasteiger partial charge in [0.05, 0.1) is 12.3 Å². The van der Waals surface area contributed by atoms with Gasteiger partial charge in [-0.1, -0.05) is 26.0 Å². The molecule has 0 radical (unpaired) electrons. The molecule has 0 amide bonds. The van der Waals surface area contributed by atoms with E-state index in [1.165, 1.54) is 0 Å². The fraction of sp³-hybridized carbons (Fsp3) is 0.400. The molecule has 0 spiro atoms. The molecule has 0 aliphatic heterocycles. The summed E-state index contributed by atoms with van der Waals surface area (Å²) in [5, 5.41) is 0. The van der Waals surface area contributed by atoms with E-state index < -0.39 is 0 Å². The van der Waals surface area contributed by atoms with Crippen LogP contribution in [0.4, 0.5) is 5.69 Å². The second-order valence-electron chi connectivity index (χ2n) is 3.13. The topological polar surface area (TPSA) is 17.2 Å². The van der Waals surface area contributed by atoms with Crippen molar-refractivity contribution in [1.29, 1.82) is 0 Å². The van der Waals surface area contributed by atoms with Gasteiger partial charge in [0.25, 0.3) is 0 Å². The summed E-state index contributed by atoms with van der Waals surface area (Å²) in [5.74, 6) is 0.927. The number of hydrogen-bond donors (Lipinski definition) is 1. The summed E-state index contributed by atoms with van der Waals surface area (Å²) in [6.07, 6.45) is 0. The fourth-order valence-corrected chi connectivity index (χ4v) is 1.28. The van der Waals surface area contributed by atoms with Crippen LogP contribution in [0.1, 0.15) is 31.2 Å². The van der Waals surface area contributed by atoms with E-state index in [4.69, 9.17) is 6.57 Å². The smallest absolute Gasteiger partial charge is 0.209 e.